The van der Waals surface area contributed by atoms with Gasteiger partial charge < -0.3 is 33.3 Å². The normalized spacial score (nSPS) is 23.4. The lowest BCUT2D eigenvalue weighted by atomic mass is 10.2. The zero-order valence-corrected chi connectivity index (χ0v) is 29.3. The minimum atomic E-state index is -4.32. The van der Waals surface area contributed by atoms with Crippen LogP contribution in [0, 0.1) is 6.92 Å². The highest BCUT2D eigenvalue weighted by Gasteiger charge is 2.45. The van der Waals surface area contributed by atoms with Crippen molar-refractivity contribution in [2.75, 3.05) is 31.7 Å². The third-order valence-electron chi connectivity index (χ3n) is 8.02. The van der Waals surface area contributed by atoms with Crippen LogP contribution in [0.15, 0.2) is 88.5 Å². The maximum Gasteiger partial charge on any atom is 0.508 e. The fourth-order valence-electron chi connectivity index (χ4n) is 5.48. The molecular formula is C33H38N5O14P. The number of nitrogens with zero attached hydrogens (tertiary/aromatic N) is 3. The Bertz CT molecular complexity index is 2020. The minimum absolute atomic E-state index is 0.0596. The molecule has 1 amide bonds. The second kappa shape index (κ2) is 17.6. The number of rotatable bonds is 15. The van der Waals surface area contributed by atoms with Crippen LogP contribution < -0.4 is 27.6 Å². The van der Waals surface area contributed by atoms with Gasteiger partial charge in [0.05, 0.1) is 18.5 Å². The maximum absolute atomic E-state index is 14.7. The van der Waals surface area contributed by atoms with Gasteiger partial charge in [-0.25, -0.2) is 19.2 Å². The number of aromatic nitrogens is 4. The van der Waals surface area contributed by atoms with E-state index >= 15 is 0 Å². The number of aliphatic hydroxyl groups is 1. The summed E-state index contributed by atoms with van der Waals surface area (Å²) in [5, 5.41) is 12.6. The summed E-state index contributed by atoms with van der Waals surface area (Å²) < 4.78 is 56.3. The molecule has 4 heterocycles. The zero-order chi connectivity index (χ0) is 38.1. The van der Waals surface area contributed by atoms with Crippen molar-refractivity contribution < 1.29 is 52.0 Å². The van der Waals surface area contributed by atoms with Gasteiger partial charge in [0.15, 0.2) is 0 Å². The highest BCUT2D eigenvalue weighted by atomic mass is 31.2. The lowest BCUT2D eigenvalue weighted by Crippen LogP contribution is -2.33. The molecule has 0 aliphatic carbocycles. The average molecular weight is 760 g/mol. The van der Waals surface area contributed by atoms with Gasteiger partial charge in [-0.2, -0.15) is 4.98 Å². The molecule has 284 valence electrons. The molecule has 20 heteroatoms. The Hall–Kier alpha value is -5.17. The van der Waals surface area contributed by atoms with Crippen molar-refractivity contribution in [1.82, 2.24) is 19.1 Å². The van der Waals surface area contributed by atoms with Gasteiger partial charge in [-0.3, -0.25) is 33.3 Å². The van der Waals surface area contributed by atoms with Gasteiger partial charge in [0.25, 0.3) is 5.56 Å². The molecule has 3 aromatic rings. The van der Waals surface area contributed by atoms with Crippen LogP contribution in [0.5, 0.6) is 0 Å². The molecule has 2 saturated heterocycles. The van der Waals surface area contributed by atoms with E-state index in [9.17, 15) is 33.6 Å². The fourth-order valence-corrected chi connectivity index (χ4v) is 7.27. The number of ether oxygens (including phenoxy) is 5. The minimum Gasteiger partial charge on any atom is -0.445 e. The van der Waals surface area contributed by atoms with Crippen LogP contribution in [-0.2, 0) is 37.3 Å². The van der Waals surface area contributed by atoms with E-state index in [2.05, 4.69) is 28.4 Å². The fraction of sp³-hybridized carbons (Fsp3) is 0.394. The van der Waals surface area contributed by atoms with E-state index in [0.717, 1.165) is 9.13 Å². The molecule has 0 spiro atoms. The second-order valence-corrected chi connectivity index (χ2v) is 13.7. The van der Waals surface area contributed by atoms with E-state index in [4.69, 9.17) is 32.7 Å². The molecule has 2 fully saturated rings. The number of carbonyl (C=O) groups excluding carboxylic acids is 2. The van der Waals surface area contributed by atoms with Crippen LogP contribution in [0.3, 0.4) is 0 Å². The van der Waals surface area contributed by atoms with E-state index < -0.39 is 86.9 Å². The predicted molar refractivity (Wildman–Crippen MR) is 185 cm³/mol. The van der Waals surface area contributed by atoms with Crippen molar-refractivity contribution in [3.63, 3.8) is 0 Å². The van der Waals surface area contributed by atoms with Crippen LogP contribution in [0.2, 0.25) is 0 Å². The quantitative estimate of drug-likeness (QED) is 0.114. The van der Waals surface area contributed by atoms with E-state index in [1.165, 1.54) is 49.7 Å². The average Bonchev–Trinajstić information content (AvgIpc) is 3.73. The smallest absolute Gasteiger partial charge is 0.445 e. The lowest BCUT2D eigenvalue weighted by Gasteiger charge is -2.26. The van der Waals surface area contributed by atoms with Gasteiger partial charge in [-0.15, -0.1) is 0 Å². The maximum atomic E-state index is 14.7. The molecule has 7 atom stereocenters. The molecule has 2 aliphatic heterocycles. The molecule has 1 unspecified atom stereocenters. The summed E-state index contributed by atoms with van der Waals surface area (Å²) in [6.07, 6.45) is -3.18. The van der Waals surface area contributed by atoms with Crippen LogP contribution in [0.1, 0.15) is 30.9 Å². The van der Waals surface area contributed by atoms with Gasteiger partial charge in [0, 0.05) is 30.8 Å². The lowest BCUT2D eigenvalue weighted by molar-refractivity contribution is -0.0581. The molecule has 19 nitrogen and oxygen atoms in total. The van der Waals surface area contributed by atoms with E-state index in [1.807, 2.05) is 0 Å². The Morgan fingerprint density at radius 2 is 1.70 bits per heavy atom. The molecule has 2 aromatic heterocycles. The number of aliphatic hydroxyl groups excluding tert-OH is 1. The number of carbonyl (C=O) groups is 2. The molecule has 5 rings (SSSR count). The number of hydrogen-bond acceptors (Lipinski definition) is 15. The Kier molecular flexibility index (Phi) is 12.9. The summed E-state index contributed by atoms with van der Waals surface area (Å²) in [6, 6.07) is 9.23. The number of hydrogen-bond donors (Lipinski definition) is 3. The van der Waals surface area contributed by atoms with Crippen molar-refractivity contribution in [1.29, 1.82) is 0 Å². The first-order chi connectivity index (χ1) is 25.4. The van der Waals surface area contributed by atoms with Crippen LogP contribution in [-0.4, -0.2) is 87.3 Å². The van der Waals surface area contributed by atoms with Crippen LogP contribution in [0.4, 0.5) is 15.4 Å². The highest BCUT2D eigenvalue weighted by molar-refractivity contribution is 7.62. The summed E-state index contributed by atoms with van der Waals surface area (Å²) in [5.74, 6) is -0.0974. The number of benzene rings is 1. The molecular weight excluding hydrogens is 721 g/mol. The van der Waals surface area contributed by atoms with Crippen LogP contribution >= 0.6 is 7.60 Å². The van der Waals surface area contributed by atoms with Crippen molar-refractivity contribution >= 4 is 31.0 Å². The molecule has 0 bridgehead atoms. The van der Waals surface area contributed by atoms with Crippen LogP contribution in [0.25, 0.3) is 0 Å². The van der Waals surface area contributed by atoms with Crippen molar-refractivity contribution in [2.24, 2.45) is 0 Å². The third kappa shape index (κ3) is 9.64. The largest absolute Gasteiger partial charge is 0.508 e. The van der Waals surface area contributed by atoms with E-state index in [-0.39, 0.29) is 42.7 Å². The van der Waals surface area contributed by atoms with Crippen molar-refractivity contribution in [2.45, 2.75) is 56.6 Å². The summed E-state index contributed by atoms with van der Waals surface area (Å²) in [6.45, 7) is 7.16. The SMILES string of the molecule is C=CCOC(=O)Nc1ccn([C@H]2C[C@H](OC(=O)OCC=C)[C@@H](COP(=O)(O[C@H]3C[C@H](n4cc(C)c(=O)[nH]c4=O)O[C@@H]3CO)c3ccccc3)O2)c(=O)n1. The Balaban J connectivity index is 1.37. The highest BCUT2D eigenvalue weighted by Crippen LogP contribution is 2.51. The number of anilines is 1. The van der Waals surface area contributed by atoms with Gasteiger partial charge in [0.1, 0.15) is 55.9 Å². The summed E-state index contributed by atoms with van der Waals surface area (Å²) >= 11 is 0. The zero-order valence-electron chi connectivity index (χ0n) is 28.4. The van der Waals surface area contributed by atoms with E-state index in [1.54, 1.807) is 18.2 Å². The summed E-state index contributed by atoms with van der Waals surface area (Å²) in [7, 11) is -4.32. The number of aromatic amines is 1. The van der Waals surface area contributed by atoms with Gasteiger partial charge in [-0.1, -0.05) is 43.5 Å². The standard InChI is InChI=1S/C33H38N5O14P/c1-4-13-46-32(43)35-26-11-12-37(30(41)34-26)27-15-22(51-33(44)47-14-5-2)25(50-27)19-48-53(45,21-9-7-6-8-10-21)52-23-16-28(49-24(23)18-39)38-17-20(3)29(40)36-31(38)42/h4-12,17,22-25,27-28,39H,1-2,13-16,18-19H2,3H3,(H,36,40,42)(H,34,35,41,43)/t22-,23-,24+,25+,27+,28+,53?/m0/s1. The molecule has 0 saturated carbocycles. The first kappa shape index (κ1) is 39.0. The number of amides is 1. The predicted octanol–water partition coefficient (Wildman–Crippen LogP) is 2.03. The Morgan fingerprint density at radius 1 is 1.02 bits per heavy atom. The molecule has 53 heavy (non-hydrogen) atoms. The molecule has 2 aliphatic rings. The number of aryl methyl sites for hydroxylation is 1. The first-order valence-electron chi connectivity index (χ1n) is 16.2. The van der Waals surface area contributed by atoms with Crippen molar-refractivity contribution in [3.8, 4) is 0 Å². The molecule has 1 aromatic carbocycles. The van der Waals surface area contributed by atoms with Gasteiger partial charge in [-0.05, 0) is 25.1 Å². The Morgan fingerprint density at radius 3 is 2.40 bits per heavy atom. The van der Waals surface area contributed by atoms with Gasteiger partial charge in [0.2, 0.25) is 0 Å². The Labute approximate surface area is 301 Å². The monoisotopic (exact) mass is 759 g/mol. The summed E-state index contributed by atoms with van der Waals surface area (Å²) in [5.41, 5.74) is -1.90. The van der Waals surface area contributed by atoms with E-state index in [0.29, 0.717) is 0 Å². The first-order valence-corrected chi connectivity index (χ1v) is 17.8. The third-order valence-corrected chi connectivity index (χ3v) is 9.99. The topological polar surface area (TPSA) is 238 Å². The second-order valence-electron chi connectivity index (χ2n) is 11.7. The van der Waals surface area contributed by atoms with Gasteiger partial charge >= 0.3 is 31.2 Å². The molecule has 3 N–H and O–H groups in total. The summed E-state index contributed by atoms with van der Waals surface area (Å²) in [4.78, 5) is 67.9. The van der Waals surface area contributed by atoms with Crippen molar-refractivity contribution in [3.05, 3.63) is 111 Å². The number of nitrogens with one attached hydrogen (secondary N) is 2. The molecule has 0 radical (unpaired) electrons. The number of H-pyrrole nitrogens is 1.